The maximum atomic E-state index is 13.5. The van der Waals surface area contributed by atoms with Gasteiger partial charge < -0.3 is 14.5 Å². The molecule has 6 nitrogen and oxygen atoms in total. The van der Waals surface area contributed by atoms with E-state index >= 15 is 0 Å². The van der Waals surface area contributed by atoms with Crippen molar-refractivity contribution in [2.24, 2.45) is 0 Å². The Morgan fingerprint density at radius 1 is 1.08 bits per heavy atom. The topological polar surface area (TPSA) is 81.4 Å². The number of halogens is 1. The van der Waals surface area contributed by atoms with Crippen molar-refractivity contribution in [2.75, 3.05) is 6.54 Å². The second-order valence-corrected chi connectivity index (χ2v) is 5.31. The van der Waals surface area contributed by atoms with Crippen LogP contribution in [0, 0.1) is 5.82 Å². The van der Waals surface area contributed by atoms with Crippen molar-refractivity contribution in [3.8, 4) is 11.3 Å². The lowest BCUT2D eigenvalue weighted by Gasteiger charge is -2.06. The van der Waals surface area contributed by atoms with Gasteiger partial charge in [0.2, 0.25) is 5.89 Å². The number of carbonyl (C=O) groups is 2. The van der Waals surface area contributed by atoms with Crippen LogP contribution in [0.5, 0.6) is 0 Å². The summed E-state index contributed by atoms with van der Waals surface area (Å²) < 4.78 is 24.0. The lowest BCUT2D eigenvalue weighted by Crippen LogP contribution is -2.31. The first-order valence-electron chi connectivity index (χ1n) is 7.82. The molecule has 0 saturated heterocycles. The minimum Gasteiger partial charge on any atom is -0.454 e. The number of hydrogen-bond donors (Lipinski definition) is 1. The Kier molecular flexibility index (Phi) is 5.38. The van der Waals surface area contributed by atoms with Gasteiger partial charge in [0.25, 0.3) is 5.91 Å². The summed E-state index contributed by atoms with van der Waals surface area (Å²) in [5, 5.41) is 2.30. The van der Waals surface area contributed by atoms with Crippen molar-refractivity contribution in [1.82, 2.24) is 10.3 Å². The minimum atomic E-state index is -0.692. The van der Waals surface area contributed by atoms with Crippen LogP contribution in [0.4, 0.5) is 4.39 Å². The highest BCUT2D eigenvalue weighted by Crippen LogP contribution is 2.19. The van der Waals surface area contributed by atoms with Crippen LogP contribution in [0.15, 0.2) is 65.2 Å². The average molecular weight is 354 g/mol. The SMILES string of the molecule is O=C(CNC(=O)c1ccccc1F)OCc1ncc(-c2ccccc2)o1. The molecule has 0 spiro atoms. The van der Waals surface area contributed by atoms with Gasteiger partial charge >= 0.3 is 5.97 Å². The number of benzene rings is 2. The fourth-order valence-corrected chi connectivity index (χ4v) is 2.20. The van der Waals surface area contributed by atoms with Gasteiger partial charge in [-0.05, 0) is 12.1 Å². The van der Waals surface area contributed by atoms with E-state index in [1.807, 2.05) is 30.3 Å². The zero-order valence-corrected chi connectivity index (χ0v) is 13.6. The van der Waals surface area contributed by atoms with Gasteiger partial charge in [0, 0.05) is 5.56 Å². The maximum Gasteiger partial charge on any atom is 0.325 e. The van der Waals surface area contributed by atoms with Gasteiger partial charge in [-0.1, -0.05) is 42.5 Å². The first-order valence-corrected chi connectivity index (χ1v) is 7.82. The van der Waals surface area contributed by atoms with E-state index in [9.17, 15) is 14.0 Å². The van der Waals surface area contributed by atoms with Gasteiger partial charge in [0.05, 0.1) is 11.8 Å². The molecule has 3 rings (SSSR count). The highest BCUT2D eigenvalue weighted by Gasteiger charge is 2.13. The van der Waals surface area contributed by atoms with Crippen molar-refractivity contribution >= 4 is 11.9 Å². The number of ether oxygens (including phenoxy) is 1. The van der Waals surface area contributed by atoms with Gasteiger partial charge in [-0.2, -0.15) is 0 Å². The molecule has 0 radical (unpaired) electrons. The monoisotopic (exact) mass is 354 g/mol. The highest BCUT2D eigenvalue weighted by atomic mass is 19.1. The standard InChI is InChI=1S/C19H15FN2O4/c20-15-9-5-4-8-14(15)19(24)22-11-18(23)25-12-17-21-10-16(26-17)13-6-2-1-3-7-13/h1-10H,11-12H2,(H,22,24). The molecule has 7 heteroatoms. The number of nitrogens with one attached hydrogen (secondary N) is 1. The molecule has 1 N–H and O–H groups in total. The molecular formula is C19H15FN2O4. The molecule has 2 aromatic carbocycles. The van der Waals surface area contributed by atoms with E-state index in [-0.39, 0.29) is 24.6 Å². The van der Waals surface area contributed by atoms with E-state index in [1.165, 1.54) is 24.3 Å². The Morgan fingerprint density at radius 3 is 2.58 bits per heavy atom. The van der Waals surface area contributed by atoms with Crippen LogP contribution in [0.1, 0.15) is 16.2 Å². The third-order valence-electron chi connectivity index (χ3n) is 3.48. The molecule has 0 fully saturated rings. The second kappa shape index (κ2) is 8.06. The van der Waals surface area contributed by atoms with Crippen LogP contribution >= 0.6 is 0 Å². The predicted molar refractivity (Wildman–Crippen MR) is 90.5 cm³/mol. The molecule has 0 atom stereocenters. The molecule has 1 heterocycles. The molecule has 1 amide bonds. The largest absolute Gasteiger partial charge is 0.454 e. The summed E-state index contributed by atoms with van der Waals surface area (Å²) in [6, 6.07) is 14.9. The van der Waals surface area contributed by atoms with Crippen LogP contribution in [0.25, 0.3) is 11.3 Å². The van der Waals surface area contributed by atoms with Gasteiger partial charge in [-0.3, -0.25) is 9.59 Å². The van der Waals surface area contributed by atoms with Gasteiger partial charge in [0.15, 0.2) is 12.4 Å². The third kappa shape index (κ3) is 4.32. The normalized spacial score (nSPS) is 10.3. The summed E-state index contributed by atoms with van der Waals surface area (Å²) in [6.07, 6.45) is 1.54. The summed E-state index contributed by atoms with van der Waals surface area (Å²) in [6.45, 7) is -0.555. The molecular weight excluding hydrogens is 339 g/mol. The fraction of sp³-hybridized carbons (Fsp3) is 0.105. The quantitative estimate of drug-likeness (QED) is 0.688. The maximum absolute atomic E-state index is 13.5. The molecule has 0 unspecified atom stereocenters. The van der Waals surface area contributed by atoms with Crippen molar-refractivity contribution in [1.29, 1.82) is 0 Å². The lowest BCUT2D eigenvalue weighted by atomic mass is 10.2. The molecule has 3 aromatic rings. The Hall–Kier alpha value is -3.48. The van der Waals surface area contributed by atoms with Crippen LogP contribution < -0.4 is 5.32 Å². The number of nitrogens with zero attached hydrogens (tertiary/aromatic N) is 1. The van der Waals surface area contributed by atoms with E-state index < -0.39 is 17.7 Å². The first-order chi connectivity index (χ1) is 12.6. The lowest BCUT2D eigenvalue weighted by molar-refractivity contribution is -0.144. The summed E-state index contributed by atoms with van der Waals surface area (Å²) in [5.41, 5.74) is 0.718. The molecule has 0 aliphatic carbocycles. The molecule has 26 heavy (non-hydrogen) atoms. The predicted octanol–water partition coefficient (Wildman–Crippen LogP) is 2.95. The number of amides is 1. The molecule has 0 aliphatic heterocycles. The van der Waals surface area contributed by atoms with Gasteiger partial charge in [-0.25, -0.2) is 9.37 Å². The van der Waals surface area contributed by atoms with Crippen LogP contribution in [0.3, 0.4) is 0 Å². The molecule has 132 valence electrons. The Morgan fingerprint density at radius 2 is 1.81 bits per heavy atom. The number of rotatable bonds is 6. The number of hydrogen-bond acceptors (Lipinski definition) is 5. The summed E-state index contributed by atoms with van der Waals surface area (Å²) >= 11 is 0. The average Bonchev–Trinajstić information content (AvgIpc) is 3.14. The Balaban J connectivity index is 1.48. The second-order valence-electron chi connectivity index (χ2n) is 5.31. The van der Waals surface area contributed by atoms with Crippen molar-refractivity contribution in [2.45, 2.75) is 6.61 Å². The van der Waals surface area contributed by atoms with Crippen LogP contribution in [0.2, 0.25) is 0 Å². The number of oxazole rings is 1. The fourth-order valence-electron chi connectivity index (χ4n) is 2.20. The molecule has 0 saturated carbocycles. The van der Waals surface area contributed by atoms with E-state index in [0.717, 1.165) is 5.56 Å². The first kappa shape index (κ1) is 17.3. The Labute approximate surface area is 148 Å². The van der Waals surface area contributed by atoms with Crippen molar-refractivity contribution in [3.05, 3.63) is 78.1 Å². The van der Waals surface area contributed by atoms with Crippen molar-refractivity contribution < 1.29 is 23.1 Å². The van der Waals surface area contributed by atoms with Crippen LogP contribution in [-0.4, -0.2) is 23.4 Å². The molecule has 0 aliphatic rings. The summed E-state index contributed by atoms with van der Waals surface area (Å²) in [5.74, 6) is -1.24. The highest BCUT2D eigenvalue weighted by molar-refractivity contribution is 5.96. The third-order valence-corrected chi connectivity index (χ3v) is 3.48. The smallest absolute Gasteiger partial charge is 0.325 e. The molecule has 1 aromatic heterocycles. The number of esters is 1. The van der Waals surface area contributed by atoms with E-state index in [2.05, 4.69) is 10.3 Å². The summed E-state index contributed by atoms with van der Waals surface area (Å²) in [7, 11) is 0. The Bertz CT molecular complexity index is 909. The van der Waals surface area contributed by atoms with E-state index in [4.69, 9.17) is 9.15 Å². The number of carbonyl (C=O) groups excluding carboxylic acids is 2. The van der Waals surface area contributed by atoms with Crippen LogP contribution in [-0.2, 0) is 16.1 Å². The number of aromatic nitrogens is 1. The zero-order valence-electron chi connectivity index (χ0n) is 13.6. The summed E-state index contributed by atoms with van der Waals surface area (Å²) in [4.78, 5) is 27.6. The molecule has 0 bridgehead atoms. The van der Waals surface area contributed by atoms with Gasteiger partial charge in [0.1, 0.15) is 12.4 Å². The zero-order chi connectivity index (χ0) is 18.4. The van der Waals surface area contributed by atoms with E-state index in [1.54, 1.807) is 6.20 Å². The minimum absolute atomic E-state index is 0.138. The van der Waals surface area contributed by atoms with Crippen molar-refractivity contribution in [3.63, 3.8) is 0 Å². The van der Waals surface area contributed by atoms with Gasteiger partial charge in [-0.15, -0.1) is 0 Å². The van der Waals surface area contributed by atoms with E-state index in [0.29, 0.717) is 5.76 Å².